The molecule has 0 bridgehead atoms. The number of nitrogens with one attached hydrogen (secondary N) is 2. The van der Waals surface area contributed by atoms with Gasteiger partial charge in [0.15, 0.2) is 9.84 Å². The average molecular weight is 441 g/mol. The maximum Gasteiger partial charge on any atom is 0.165 e. The molecule has 30 heavy (non-hydrogen) atoms. The second-order valence-electron chi connectivity index (χ2n) is 9.65. The van der Waals surface area contributed by atoms with E-state index in [-0.39, 0.29) is 11.6 Å². The summed E-state index contributed by atoms with van der Waals surface area (Å²) < 4.78 is 27.2. The van der Waals surface area contributed by atoms with Gasteiger partial charge in [0.1, 0.15) is 10.6 Å². The maximum atomic E-state index is 12.9. The van der Waals surface area contributed by atoms with E-state index in [1.807, 2.05) is 13.0 Å². The fourth-order valence-electron chi connectivity index (χ4n) is 4.99. The first-order chi connectivity index (χ1) is 14.1. The quantitative estimate of drug-likeness (QED) is 0.537. The Kier molecular flexibility index (Phi) is 4.36. The first-order valence-corrected chi connectivity index (χ1v) is 13.1. The van der Waals surface area contributed by atoms with Crippen LogP contribution in [0.4, 0.5) is 0 Å². The van der Waals surface area contributed by atoms with Crippen LogP contribution in [0.15, 0.2) is 36.4 Å². The number of rotatable bonds is 2. The lowest BCUT2D eigenvalue weighted by molar-refractivity contribution is 0.443. The molecule has 2 N–H and O–H groups in total. The van der Waals surface area contributed by atoms with Crippen molar-refractivity contribution in [3.63, 3.8) is 0 Å². The fourth-order valence-corrected chi connectivity index (χ4v) is 7.77. The normalized spacial score (nSPS) is 26.3. The van der Waals surface area contributed by atoms with E-state index in [1.165, 1.54) is 51.4 Å². The Bertz CT molecular complexity index is 1280. The molecule has 1 aliphatic carbocycles. The number of hydrogen-bond acceptors (Lipinski definition) is 4. The van der Waals surface area contributed by atoms with Gasteiger partial charge < -0.3 is 5.32 Å². The minimum Gasteiger partial charge on any atom is -0.362 e. The fraction of sp³-hybridized carbons (Fsp3) is 0.458. The monoisotopic (exact) mass is 440 g/mol. The van der Waals surface area contributed by atoms with Crippen LogP contribution in [-0.4, -0.2) is 24.8 Å². The summed E-state index contributed by atoms with van der Waals surface area (Å²) in [6.45, 7) is 5.11. The molecule has 0 spiro atoms. The second-order valence-corrected chi connectivity index (χ2v) is 13.3. The van der Waals surface area contributed by atoms with E-state index in [4.69, 9.17) is 5.41 Å². The molecule has 5 rings (SSSR count). The van der Waals surface area contributed by atoms with Crippen molar-refractivity contribution in [2.45, 2.75) is 62.7 Å². The van der Waals surface area contributed by atoms with Gasteiger partial charge in [-0.05, 0) is 74.9 Å². The number of amidine groups is 1. The number of thiophene rings is 1. The molecule has 0 unspecified atom stereocenters. The molecule has 1 saturated carbocycles. The van der Waals surface area contributed by atoms with Gasteiger partial charge in [-0.25, -0.2) is 8.42 Å². The molecule has 0 radical (unpaired) electrons. The third kappa shape index (κ3) is 2.91. The van der Waals surface area contributed by atoms with E-state index in [9.17, 15) is 8.42 Å². The lowest BCUT2D eigenvalue weighted by Gasteiger charge is -2.43. The topological polar surface area (TPSA) is 70.0 Å². The van der Waals surface area contributed by atoms with Crippen molar-refractivity contribution >= 4 is 47.2 Å². The van der Waals surface area contributed by atoms with E-state index in [0.29, 0.717) is 5.92 Å². The number of sulfone groups is 1. The highest BCUT2D eigenvalue weighted by Gasteiger charge is 2.50. The van der Waals surface area contributed by atoms with E-state index in [1.54, 1.807) is 25.2 Å². The molecule has 2 aromatic carbocycles. The molecule has 1 saturated heterocycles. The minimum absolute atomic E-state index is 0.0176. The van der Waals surface area contributed by atoms with Gasteiger partial charge in [0.25, 0.3) is 0 Å². The highest BCUT2D eigenvalue weighted by molar-refractivity contribution is 7.93. The Morgan fingerprint density at radius 1 is 1.00 bits per heavy atom. The summed E-state index contributed by atoms with van der Waals surface area (Å²) in [6.07, 6.45) is 5.18. The molecule has 1 aromatic heterocycles. The summed E-state index contributed by atoms with van der Waals surface area (Å²) in [6, 6.07) is 13.1. The van der Waals surface area contributed by atoms with E-state index < -0.39 is 20.1 Å². The van der Waals surface area contributed by atoms with Crippen LogP contribution in [0.3, 0.4) is 0 Å². The lowest BCUT2D eigenvalue weighted by Crippen LogP contribution is -2.63. The van der Waals surface area contributed by atoms with E-state index >= 15 is 0 Å². The first kappa shape index (κ1) is 20.0. The molecule has 1 atom stereocenters. The van der Waals surface area contributed by atoms with E-state index in [2.05, 4.69) is 35.6 Å². The number of benzene rings is 2. The summed E-state index contributed by atoms with van der Waals surface area (Å²) in [5.41, 5.74) is 1.54. The Labute approximate surface area is 182 Å². The summed E-state index contributed by atoms with van der Waals surface area (Å²) in [5, 5.41) is 14.0. The zero-order valence-electron chi connectivity index (χ0n) is 17.7. The van der Waals surface area contributed by atoms with Crippen molar-refractivity contribution in [3.8, 4) is 0 Å². The van der Waals surface area contributed by atoms with Crippen molar-refractivity contribution < 1.29 is 8.42 Å². The zero-order valence-corrected chi connectivity index (χ0v) is 19.3. The number of hydrogen-bond donors (Lipinski definition) is 2. The molecule has 3 aromatic rings. The van der Waals surface area contributed by atoms with Crippen LogP contribution in [0.1, 0.15) is 63.5 Å². The molecule has 2 heterocycles. The molecule has 6 heteroatoms. The van der Waals surface area contributed by atoms with Crippen LogP contribution in [0.5, 0.6) is 0 Å². The average Bonchev–Trinajstić information content (AvgIpc) is 3.33. The van der Waals surface area contributed by atoms with Crippen LogP contribution >= 0.6 is 11.3 Å². The Morgan fingerprint density at radius 2 is 1.63 bits per heavy atom. The smallest absolute Gasteiger partial charge is 0.165 e. The van der Waals surface area contributed by atoms with Crippen molar-refractivity contribution in [1.82, 2.24) is 5.32 Å². The zero-order chi connectivity index (χ0) is 21.3. The largest absolute Gasteiger partial charge is 0.362 e. The first-order valence-electron chi connectivity index (χ1n) is 10.7. The van der Waals surface area contributed by atoms with E-state index in [0.717, 1.165) is 5.56 Å². The minimum atomic E-state index is -3.45. The third-order valence-electron chi connectivity index (χ3n) is 7.22. The van der Waals surface area contributed by atoms with Crippen molar-refractivity contribution in [3.05, 3.63) is 47.5 Å². The van der Waals surface area contributed by atoms with Gasteiger partial charge in [-0.1, -0.05) is 25.0 Å². The highest BCUT2D eigenvalue weighted by Crippen LogP contribution is 2.41. The van der Waals surface area contributed by atoms with Gasteiger partial charge >= 0.3 is 0 Å². The van der Waals surface area contributed by atoms with Gasteiger partial charge in [-0.3, -0.25) is 5.41 Å². The summed E-state index contributed by atoms with van der Waals surface area (Å²) in [5.74, 6) is 0.712. The maximum absolute atomic E-state index is 12.9. The molecule has 0 amide bonds. The van der Waals surface area contributed by atoms with Crippen LogP contribution in [0.25, 0.3) is 20.2 Å². The third-order valence-corrected chi connectivity index (χ3v) is 11.1. The SMILES string of the molecule is CC1(C)C(=N)N[C@](C)(c2ccc3sc4ccc(C5CCCC5)cc4c3c2)CS1(=O)=O. The van der Waals surface area contributed by atoms with Crippen LogP contribution in [0, 0.1) is 5.41 Å². The Morgan fingerprint density at radius 3 is 2.30 bits per heavy atom. The Hall–Kier alpha value is -1.92. The van der Waals surface area contributed by atoms with Crippen molar-refractivity contribution in [2.75, 3.05) is 5.75 Å². The molecule has 158 valence electrons. The van der Waals surface area contributed by atoms with Crippen LogP contribution in [0.2, 0.25) is 0 Å². The molecule has 4 nitrogen and oxygen atoms in total. The van der Waals surface area contributed by atoms with Gasteiger partial charge in [-0.2, -0.15) is 0 Å². The number of fused-ring (bicyclic) bond motifs is 3. The van der Waals surface area contributed by atoms with Gasteiger partial charge in [-0.15, -0.1) is 11.3 Å². The van der Waals surface area contributed by atoms with Gasteiger partial charge in [0, 0.05) is 20.2 Å². The summed E-state index contributed by atoms with van der Waals surface area (Å²) in [4.78, 5) is 0. The molecule has 2 aliphatic rings. The summed E-state index contributed by atoms with van der Waals surface area (Å²) >= 11 is 1.79. The Balaban J connectivity index is 1.63. The molecular weight excluding hydrogens is 412 g/mol. The standard InChI is InChI=1S/C24H28N2O2S2/c1-23(2)22(25)26-24(3,14-30(23,27)28)17-9-11-21-19(13-17)18-12-16(8-10-20(18)29-21)15-6-4-5-7-15/h8-13,15H,4-7,14H2,1-3H3,(H2,25,26)/t24-/m0/s1. The molecule has 1 aliphatic heterocycles. The molecular formula is C24H28N2O2S2. The van der Waals surface area contributed by atoms with Gasteiger partial charge in [0.2, 0.25) is 0 Å². The van der Waals surface area contributed by atoms with Crippen LogP contribution in [-0.2, 0) is 15.4 Å². The molecule has 2 fully saturated rings. The second kappa shape index (κ2) is 6.54. The lowest BCUT2D eigenvalue weighted by atomic mass is 9.90. The van der Waals surface area contributed by atoms with Crippen molar-refractivity contribution in [2.24, 2.45) is 0 Å². The summed E-state index contributed by atoms with van der Waals surface area (Å²) in [7, 11) is -3.45. The predicted octanol–water partition coefficient (Wildman–Crippen LogP) is 5.70. The van der Waals surface area contributed by atoms with Gasteiger partial charge in [0.05, 0.1) is 11.3 Å². The predicted molar refractivity (Wildman–Crippen MR) is 127 cm³/mol. The van der Waals surface area contributed by atoms with Crippen LogP contribution < -0.4 is 5.32 Å². The van der Waals surface area contributed by atoms with Crippen molar-refractivity contribution in [1.29, 1.82) is 5.41 Å². The highest BCUT2D eigenvalue weighted by atomic mass is 32.2.